The zero-order chi connectivity index (χ0) is 12.5. The molecule has 1 aliphatic carbocycles. The van der Waals surface area contributed by atoms with E-state index in [-0.39, 0.29) is 5.75 Å². The largest absolute Gasteiger partial charge is 0.508 e. The number of aromatic nitrogens is 1. The molecule has 1 heterocycles. The summed E-state index contributed by atoms with van der Waals surface area (Å²) in [5.74, 6) is 1.93. The molecule has 0 saturated heterocycles. The van der Waals surface area contributed by atoms with E-state index in [4.69, 9.17) is 0 Å². The second-order valence-electron chi connectivity index (χ2n) is 5.19. The molecule has 1 aromatic heterocycles. The molecule has 3 nitrogen and oxygen atoms in total. The fourth-order valence-corrected chi connectivity index (χ4v) is 2.54. The first-order valence-electron chi connectivity index (χ1n) is 6.58. The van der Waals surface area contributed by atoms with Crippen molar-refractivity contribution in [1.29, 1.82) is 0 Å². The van der Waals surface area contributed by atoms with Crippen LogP contribution in [-0.4, -0.2) is 16.1 Å². The lowest BCUT2D eigenvalue weighted by atomic mass is 9.80. The Morgan fingerprint density at radius 2 is 2.17 bits per heavy atom. The van der Waals surface area contributed by atoms with Crippen LogP contribution in [0.2, 0.25) is 0 Å². The van der Waals surface area contributed by atoms with Crippen molar-refractivity contribution in [3.8, 4) is 5.75 Å². The highest BCUT2D eigenvalue weighted by atomic mass is 16.3. The quantitative estimate of drug-likeness (QED) is 0.865. The smallest absolute Gasteiger partial charge is 0.134 e. The van der Waals surface area contributed by atoms with E-state index in [0.29, 0.717) is 6.04 Å². The van der Waals surface area contributed by atoms with Crippen molar-refractivity contribution in [2.24, 2.45) is 5.92 Å². The Kier molecular flexibility index (Phi) is 2.82. The number of hydrogen-bond acceptors (Lipinski definition) is 3. The maximum Gasteiger partial charge on any atom is 0.134 e. The van der Waals surface area contributed by atoms with Gasteiger partial charge < -0.3 is 10.4 Å². The van der Waals surface area contributed by atoms with Gasteiger partial charge in [0.1, 0.15) is 11.6 Å². The van der Waals surface area contributed by atoms with Crippen LogP contribution in [0.5, 0.6) is 5.75 Å². The van der Waals surface area contributed by atoms with Crippen molar-refractivity contribution < 1.29 is 5.11 Å². The number of hydrogen-bond donors (Lipinski definition) is 2. The highest BCUT2D eigenvalue weighted by Gasteiger charge is 2.24. The molecule has 1 atom stereocenters. The van der Waals surface area contributed by atoms with Gasteiger partial charge in [-0.15, -0.1) is 0 Å². The number of phenolic OH excluding ortho intramolecular Hbond substituents is 1. The molecule has 0 amide bonds. The van der Waals surface area contributed by atoms with Gasteiger partial charge in [-0.1, -0.05) is 12.5 Å². The number of aromatic hydroxyl groups is 1. The number of anilines is 1. The second-order valence-corrected chi connectivity index (χ2v) is 5.19. The van der Waals surface area contributed by atoms with Crippen LogP contribution in [0.1, 0.15) is 26.2 Å². The topological polar surface area (TPSA) is 45.2 Å². The molecule has 1 fully saturated rings. The minimum atomic E-state index is 0.287. The summed E-state index contributed by atoms with van der Waals surface area (Å²) in [5, 5.41) is 15.2. The van der Waals surface area contributed by atoms with Gasteiger partial charge in [0.05, 0.1) is 0 Å². The Labute approximate surface area is 107 Å². The fourth-order valence-electron chi connectivity index (χ4n) is 2.54. The number of pyridine rings is 1. The Morgan fingerprint density at radius 3 is 2.89 bits per heavy atom. The van der Waals surface area contributed by atoms with Gasteiger partial charge in [0.2, 0.25) is 0 Å². The lowest BCUT2D eigenvalue weighted by Gasteiger charge is -2.32. The SMILES string of the molecule is CC(Nc1nccc2ccc(O)cc12)C1CCC1. The lowest BCUT2D eigenvalue weighted by molar-refractivity contribution is 0.285. The van der Waals surface area contributed by atoms with Crippen LogP contribution in [0.25, 0.3) is 10.8 Å². The van der Waals surface area contributed by atoms with Gasteiger partial charge in [0, 0.05) is 17.6 Å². The molecule has 3 rings (SSSR count). The monoisotopic (exact) mass is 242 g/mol. The maximum absolute atomic E-state index is 9.60. The van der Waals surface area contributed by atoms with Gasteiger partial charge in [-0.05, 0) is 49.3 Å². The second kappa shape index (κ2) is 4.48. The summed E-state index contributed by atoms with van der Waals surface area (Å²) in [6, 6.07) is 7.82. The number of nitrogens with one attached hydrogen (secondary N) is 1. The van der Waals surface area contributed by atoms with Crippen LogP contribution < -0.4 is 5.32 Å². The third-order valence-corrected chi connectivity index (χ3v) is 3.97. The third kappa shape index (κ3) is 2.01. The minimum Gasteiger partial charge on any atom is -0.508 e. The van der Waals surface area contributed by atoms with Crippen LogP contribution in [0, 0.1) is 5.92 Å². The number of benzene rings is 1. The maximum atomic E-state index is 9.60. The summed E-state index contributed by atoms with van der Waals surface area (Å²) in [6.45, 7) is 2.22. The molecule has 0 radical (unpaired) electrons. The minimum absolute atomic E-state index is 0.287. The molecule has 1 saturated carbocycles. The summed E-state index contributed by atoms with van der Waals surface area (Å²) in [6.07, 6.45) is 5.78. The Bertz CT molecular complexity index is 563. The van der Waals surface area contributed by atoms with Crippen LogP contribution in [0.4, 0.5) is 5.82 Å². The first-order chi connectivity index (χ1) is 8.74. The third-order valence-electron chi connectivity index (χ3n) is 3.97. The number of nitrogens with zero attached hydrogens (tertiary/aromatic N) is 1. The van der Waals surface area contributed by atoms with Gasteiger partial charge in [0.25, 0.3) is 0 Å². The molecule has 94 valence electrons. The summed E-state index contributed by atoms with van der Waals surface area (Å²) in [7, 11) is 0. The number of rotatable bonds is 3. The van der Waals surface area contributed by atoms with E-state index in [1.165, 1.54) is 19.3 Å². The molecule has 1 aliphatic rings. The molecule has 2 aromatic rings. The molecule has 1 unspecified atom stereocenters. The summed E-state index contributed by atoms with van der Waals surface area (Å²) < 4.78 is 0. The van der Waals surface area contributed by atoms with Gasteiger partial charge in [-0.25, -0.2) is 4.98 Å². The summed E-state index contributed by atoms with van der Waals surface area (Å²) in [4.78, 5) is 4.41. The van der Waals surface area contributed by atoms with E-state index in [1.54, 1.807) is 12.1 Å². The van der Waals surface area contributed by atoms with E-state index in [9.17, 15) is 5.11 Å². The predicted octanol–water partition coefficient (Wildman–Crippen LogP) is 3.54. The van der Waals surface area contributed by atoms with Crippen molar-refractivity contribution in [2.75, 3.05) is 5.32 Å². The van der Waals surface area contributed by atoms with Crippen LogP contribution >= 0.6 is 0 Å². The molecular formula is C15H18N2O. The summed E-state index contributed by atoms with van der Waals surface area (Å²) >= 11 is 0. The molecule has 0 aliphatic heterocycles. The Hall–Kier alpha value is -1.77. The van der Waals surface area contributed by atoms with Crippen molar-refractivity contribution in [2.45, 2.75) is 32.2 Å². The van der Waals surface area contributed by atoms with E-state index >= 15 is 0 Å². The van der Waals surface area contributed by atoms with Gasteiger partial charge in [-0.3, -0.25) is 0 Å². The normalized spacial score (nSPS) is 17.4. The predicted molar refractivity (Wildman–Crippen MR) is 73.8 cm³/mol. The van der Waals surface area contributed by atoms with Crippen molar-refractivity contribution >= 4 is 16.6 Å². The van der Waals surface area contributed by atoms with E-state index in [2.05, 4.69) is 17.2 Å². The highest BCUT2D eigenvalue weighted by Crippen LogP contribution is 2.32. The standard InChI is InChI=1S/C15H18N2O/c1-10(11-3-2-4-11)17-15-14-9-13(18)6-5-12(14)7-8-16-15/h5-11,18H,2-4H2,1H3,(H,16,17). The number of phenols is 1. The van der Waals surface area contributed by atoms with E-state index in [0.717, 1.165) is 22.5 Å². The molecule has 2 N–H and O–H groups in total. The van der Waals surface area contributed by atoms with E-state index in [1.807, 2.05) is 18.3 Å². The van der Waals surface area contributed by atoms with Gasteiger partial charge >= 0.3 is 0 Å². The van der Waals surface area contributed by atoms with Crippen LogP contribution in [0.3, 0.4) is 0 Å². The molecule has 3 heteroatoms. The Balaban J connectivity index is 1.92. The van der Waals surface area contributed by atoms with Crippen LogP contribution in [0.15, 0.2) is 30.5 Å². The lowest BCUT2D eigenvalue weighted by Crippen LogP contribution is -2.31. The summed E-state index contributed by atoms with van der Waals surface area (Å²) in [5.41, 5.74) is 0. The molecule has 0 spiro atoms. The molecule has 1 aromatic carbocycles. The number of fused-ring (bicyclic) bond motifs is 1. The van der Waals surface area contributed by atoms with Crippen LogP contribution in [-0.2, 0) is 0 Å². The van der Waals surface area contributed by atoms with Gasteiger partial charge in [-0.2, -0.15) is 0 Å². The average Bonchev–Trinajstić information content (AvgIpc) is 2.27. The van der Waals surface area contributed by atoms with Crippen molar-refractivity contribution in [3.05, 3.63) is 30.5 Å². The highest BCUT2D eigenvalue weighted by molar-refractivity contribution is 5.92. The van der Waals surface area contributed by atoms with E-state index < -0.39 is 0 Å². The fraction of sp³-hybridized carbons (Fsp3) is 0.400. The molecule has 0 bridgehead atoms. The first-order valence-corrected chi connectivity index (χ1v) is 6.58. The zero-order valence-corrected chi connectivity index (χ0v) is 10.6. The van der Waals surface area contributed by atoms with Crippen molar-refractivity contribution in [1.82, 2.24) is 4.98 Å². The molecule has 18 heavy (non-hydrogen) atoms. The Morgan fingerprint density at radius 1 is 1.33 bits per heavy atom. The first kappa shape index (κ1) is 11.3. The van der Waals surface area contributed by atoms with Crippen molar-refractivity contribution in [3.63, 3.8) is 0 Å². The van der Waals surface area contributed by atoms with Gasteiger partial charge in [0.15, 0.2) is 0 Å². The zero-order valence-electron chi connectivity index (χ0n) is 10.6. The molecular weight excluding hydrogens is 224 g/mol. The average molecular weight is 242 g/mol.